The summed E-state index contributed by atoms with van der Waals surface area (Å²) in [5.74, 6) is 0.863. The van der Waals surface area contributed by atoms with Crippen LogP contribution in [0.3, 0.4) is 0 Å². The second-order valence-electron chi connectivity index (χ2n) is 5.40. The molecule has 2 saturated carbocycles. The lowest BCUT2D eigenvalue weighted by Gasteiger charge is -2.38. The molecule has 0 aromatic carbocycles. The van der Waals surface area contributed by atoms with Gasteiger partial charge < -0.3 is 4.74 Å². The third kappa shape index (κ3) is 0.934. The van der Waals surface area contributed by atoms with Crippen molar-refractivity contribution >= 4 is 0 Å². The lowest BCUT2D eigenvalue weighted by Crippen LogP contribution is -2.36. The molecule has 74 valence electrons. The molecule has 2 rings (SSSR count). The highest BCUT2D eigenvalue weighted by Gasteiger charge is 2.62. The van der Waals surface area contributed by atoms with E-state index >= 15 is 0 Å². The molecular formula is C12H20O. The number of ether oxygens (including phenoxy) is 1. The largest absolute Gasteiger partial charge is 0.498 e. The van der Waals surface area contributed by atoms with Gasteiger partial charge in [0.1, 0.15) is 6.10 Å². The summed E-state index contributed by atoms with van der Waals surface area (Å²) in [6.07, 6.45) is 5.98. The molecule has 2 bridgehead atoms. The lowest BCUT2D eigenvalue weighted by molar-refractivity contribution is 0.00178. The van der Waals surface area contributed by atoms with Crippen LogP contribution in [0.1, 0.15) is 40.0 Å². The maximum Gasteiger partial charge on any atom is 0.104 e. The van der Waals surface area contributed by atoms with Crippen molar-refractivity contribution in [1.29, 1.82) is 0 Å². The fraction of sp³-hybridized carbons (Fsp3) is 0.833. The zero-order valence-electron chi connectivity index (χ0n) is 8.97. The Hall–Kier alpha value is -0.460. The normalized spacial score (nSPS) is 46.4. The Kier molecular flexibility index (Phi) is 1.77. The van der Waals surface area contributed by atoms with Crippen molar-refractivity contribution < 1.29 is 4.74 Å². The summed E-state index contributed by atoms with van der Waals surface area (Å²) < 4.78 is 5.64. The first-order chi connectivity index (χ1) is 6.02. The molecule has 0 amide bonds. The highest BCUT2D eigenvalue weighted by molar-refractivity contribution is 5.11. The number of hydrogen-bond donors (Lipinski definition) is 0. The minimum absolute atomic E-state index is 0.381. The van der Waals surface area contributed by atoms with E-state index in [1.54, 1.807) is 6.26 Å². The SMILES string of the molecule is C=CO[C@H]1C[C@H]2CC[C@@]1(C)C2(C)C. The van der Waals surface area contributed by atoms with Crippen molar-refractivity contribution in [1.82, 2.24) is 0 Å². The van der Waals surface area contributed by atoms with Crippen LogP contribution >= 0.6 is 0 Å². The van der Waals surface area contributed by atoms with Crippen LogP contribution in [-0.2, 0) is 4.74 Å². The average molecular weight is 180 g/mol. The van der Waals surface area contributed by atoms with Crippen molar-refractivity contribution in [3.05, 3.63) is 12.8 Å². The molecule has 0 heterocycles. The van der Waals surface area contributed by atoms with Crippen LogP contribution < -0.4 is 0 Å². The first kappa shape index (κ1) is 9.11. The van der Waals surface area contributed by atoms with Gasteiger partial charge in [0.15, 0.2) is 0 Å². The molecule has 0 saturated heterocycles. The van der Waals surface area contributed by atoms with Crippen LogP contribution in [0, 0.1) is 16.7 Å². The predicted octanol–water partition coefficient (Wildman–Crippen LogP) is 3.36. The Morgan fingerprint density at radius 1 is 1.38 bits per heavy atom. The van der Waals surface area contributed by atoms with Crippen LogP contribution in [0.15, 0.2) is 12.8 Å². The molecule has 2 fully saturated rings. The Bertz CT molecular complexity index is 231. The van der Waals surface area contributed by atoms with E-state index in [-0.39, 0.29) is 0 Å². The zero-order chi connectivity index (χ0) is 9.69. The van der Waals surface area contributed by atoms with Gasteiger partial charge in [-0.05, 0) is 30.6 Å². The molecule has 0 radical (unpaired) electrons. The summed E-state index contributed by atoms with van der Waals surface area (Å²) in [5, 5.41) is 0. The highest BCUT2D eigenvalue weighted by Crippen LogP contribution is 2.66. The van der Waals surface area contributed by atoms with Gasteiger partial charge in [0.2, 0.25) is 0 Å². The summed E-state index contributed by atoms with van der Waals surface area (Å²) in [6, 6.07) is 0. The number of fused-ring (bicyclic) bond motifs is 2. The summed E-state index contributed by atoms with van der Waals surface area (Å²) >= 11 is 0. The van der Waals surface area contributed by atoms with Crippen LogP contribution in [0.5, 0.6) is 0 Å². The van der Waals surface area contributed by atoms with Crippen molar-refractivity contribution in [2.75, 3.05) is 0 Å². The monoisotopic (exact) mass is 180 g/mol. The molecule has 0 aromatic heterocycles. The Balaban J connectivity index is 2.27. The molecule has 0 unspecified atom stereocenters. The van der Waals surface area contributed by atoms with E-state index in [1.165, 1.54) is 19.3 Å². The van der Waals surface area contributed by atoms with Crippen molar-refractivity contribution in [2.45, 2.75) is 46.1 Å². The molecule has 0 spiro atoms. The van der Waals surface area contributed by atoms with Gasteiger partial charge in [-0.1, -0.05) is 27.4 Å². The van der Waals surface area contributed by atoms with E-state index in [0.29, 0.717) is 16.9 Å². The van der Waals surface area contributed by atoms with Gasteiger partial charge >= 0.3 is 0 Å². The van der Waals surface area contributed by atoms with Gasteiger partial charge in [0.25, 0.3) is 0 Å². The van der Waals surface area contributed by atoms with Crippen LogP contribution in [0.4, 0.5) is 0 Å². The third-order valence-electron chi connectivity index (χ3n) is 4.97. The molecule has 2 aliphatic carbocycles. The molecular weight excluding hydrogens is 160 g/mol. The van der Waals surface area contributed by atoms with Gasteiger partial charge in [-0.15, -0.1) is 0 Å². The van der Waals surface area contributed by atoms with E-state index < -0.39 is 0 Å². The summed E-state index contributed by atoms with van der Waals surface area (Å²) in [7, 11) is 0. The predicted molar refractivity (Wildman–Crippen MR) is 54.3 cm³/mol. The van der Waals surface area contributed by atoms with Crippen LogP contribution in [0.25, 0.3) is 0 Å². The van der Waals surface area contributed by atoms with Gasteiger partial charge in [0.05, 0.1) is 6.26 Å². The Morgan fingerprint density at radius 2 is 2.08 bits per heavy atom. The minimum atomic E-state index is 0.381. The Morgan fingerprint density at radius 3 is 2.46 bits per heavy atom. The fourth-order valence-electron chi connectivity index (χ4n) is 3.45. The Labute approximate surface area is 81.2 Å². The molecule has 0 N–H and O–H groups in total. The highest BCUT2D eigenvalue weighted by atomic mass is 16.5. The summed E-state index contributed by atoms with van der Waals surface area (Å²) in [4.78, 5) is 0. The maximum absolute atomic E-state index is 5.64. The van der Waals surface area contributed by atoms with Gasteiger partial charge in [-0.25, -0.2) is 0 Å². The quantitative estimate of drug-likeness (QED) is 0.592. The third-order valence-corrected chi connectivity index (χ3v) is 4.97. The number of hydrogen-bond acceptors (Lipinski definition) is 1. The lowest BCUT2D eigenvalue weighted by atomic mass is 9.70. The first-order valence-corrected chi connectivity index (χ1v) is 5.29. The minimum Gasteiger partial charge on any atom is -0.498 e. The summed E-state index contributed by atoms with van der Waals surface area (Å²) in [5.41, 5.74) is 0.840. The number of rotatable bonds is 2. The molecule has 13 heavy (non-hydrogen) atoms. The molecule has 1 nitrogen and oxygen atoms in total. The first-order valence-electron chi connectivity index (χ1n) is 5.29. The van der Waals surface area contributed by atoms with Crippen LogP contribution in [-0.4, -0.2) is 6.10 Å². The smallest absolute Gasteiger partial charge is 0.104 e. The molecule has 0 aromatic rings. The van der Waals surface area contributed by atoms with Gasteiger partial charge in [-0.2, -0.15) is 0 Å². The van der Waals surface area contributed by atoms with E-state index in [0.717, 1.165) is 5.92 Å². The fourth-order valence-corrected chi connectivity index (χ4v) is 3.45. The van der Waals surface area contributed by atoms with Crippen molar-refractivity contribution in [2.24, 2.45) is 16.7 Å². The average Bonchev–Trinajstić information content (AvgIpc) is 2.37. The topological polar surface area (TPSA) is 9.23 Å². The van der Waals surface area contributed by atoms with Gasteiger partial charge in [-0.3, -0.25) is 0 Å². The van der Waals surface area contributed by atoms with E-state index in [1.807, 2.05) is 0 Å². The van der Waals surface area contributed by atoms with Gasteiger partial charge in [0, 0.05) is 5.41 Å². The van der Waals surface area contributed by atoms with Crippen molar-refractivity contribution in [3.63, 3.8) is 0 Å². The standard InChI is InChI=1S/C12H20O/c1-5-13-10-8-9-6-7-12(10,4)11(9,2)3/h5,9-10H,1,6-8H2,2-4H3/t9-,10+,12-/m1/s1. The second-order valence-corrected chi connectivity index (χ2v) is 5.40. The molecule has 2 aliphatic rings. The van der Waals surface area contributed by atoms with Crippen LogP contribution in [0.2, 0.25) is 0 Å². The molecule has 1 heteroatoms. The van der Waals surface area contributed by atoms with E-state index in [2.05, 4.69) is 27.4 Å². The van der Waals surface area contributed by atoms with Crippen molar-refractivity contribution in [3.8, 4) is 0 Å². The second kappa shape index (κ2) is 2.52. The van der Waals surface area contributed by atoms with E-state index in [4.69, 9.17) is 4.74 Å². The zero-order valence-corrected chi connectivity index (χ0v) is 8.97. The molecule has 0 aliphatic heterocycles. The maximum atomic E-state index is 5.64. The molecule has 3 atom stereocenters. The van der Waals surface area contributed by atoms with E-state index in [9.17, 15) is 0 Å². The summed E-state index contributed by atoms with van der Waals surface area (Å²) in [6.45, 7) is 10.8.